The number of ether oxygens (including phenoxy) is 1. The van der Waals surface area contributed by atoms with E-state index in [0.29, 0.717) is 13.0 Å². The summed E-state index contributed by atoms with van der Waals surface area (Å²) in [4.78, 5) is 22.2. The third kappa shape index (κ3) is 5.90. The molecular weight excluding hydrogens is 246 g/mol. The zero-order valence-corrected chi connectivity index (χ0v) is 11.0. The topological polar surface area (TPSA) is 75.6 Å². The summed E-state index contributed by atoms with van der Waals surface area (Å²) in [5, 5.41) is 11.4. The van der Waals surface area contributed by atoms with E-state index in [1.165, 1.54) is 0 Å². The Hall–Kier alpha value is -2.04. The van der Waals surface area contributed by atoms with Crippen molar-refractivity contribution in [2.75, 3.05) is 6.61 Å². The molecule has 5 heteroatoms. The van der Waals surface area contributed by atoms with Crippen molar-refractivity contribution in [3.05, 3.63) is 35.9 Å². The number of hydrogen-bond donors (Lipinski definition) is 2. The maximum Gasteiger partial charge on any atom is 0.407 e. The predicted molar refractivity (Wildman–Crippen MR) is 70.8 cm³/mol. The number of aliphatic carboxylic acids is 1. The van der Waals surface area contributed by atoms with Crippen molar-refractivity contribution in [2.24, 2.45) is 0 Å². The minimum atomic E-state index is -0.885. The van der Waals surface area contributed by atoms with Gasteiger partial charge < -0.3 is 15.2 Å². The number of alkyl carbamates (subject to hydrolysis) is 1. The summed E-state index contributed by atoms with van der Waals surface area (Å²) in [7, 11) is 0. The third-order valence-corrected chi connectivity index (χ3v) is 2.58. The molecule has 0 bridgehead atoms. The van der Waals surface area contributed by atoms with E-state index in [4.69, 9.17) is 9.84 Å². The SMILES string of the molecule is CCCOC(=O)NC(CCC(=O)O)c1ccccc1. The van der Waals surface area contributed by atoms with Gasteiger partial charge in [0.1, 0.15) is 0 Å². The lowest BCUT2D eigenvalue weighted by molar-refractivity contribution is -0.137. The standard InChI is InChI=1S/C14H19NO4/c1-2-10-19-14(18)15-12(8-9-13(16)17)11-6-4-3-5-7-11/h3-7,12H,2,8-10H2,1H3,(H,15,18)(H,16,17). The van der Waals surface area contributed by atoms with E-state index in [-0.39, 0.29) is 12.5 Å². The first-order valence-corrected chi connectivity index (χ1v) is 6.33. The average Bonchev–Trinajstić information content (AvgIpc) is 2.42. The van der Waals surface area contributed by atoms with Crippen molar-refractivity contribution >= 4 is 12.1 Å². The van der Waals surface area contributed by atoms with Crippen LogP contribution in [0.15, 0.2) is 30.3 Å². The molecule has 1 unspecified atom stereocenters. The summed E-state index contributed by atoms with van der Waals surface area (Å²) in [6.07, 6.45) is 0.563. The molecule has 0 saturated heterocycles. The summed E-state index contributed by atoms with van der Waals surface area (Å²) in [5.74, 6) is -0.885. The van der Waals surface area contributed by atoms with Gasteiger partial charge in [-0.05, 0) is 18.4 Å². The van der Waals surface area contributed by atoms with Crippen molar-refractivity contribution in [1.29, 1.82) is 0 Å². The molecule has 0 spiro atoms. The van der Waals surface area contributed by atoms with E-state index in [1.54, 1.807) is 0 Å². The highest BCUT2D eigenvalue weighted by Gasteiger charge is 2.16. The fourth-order valence-electron chi connectivity index (χ4n) is 1.65. The Morgan fingerprint density at radius 2 is 2.00 bits per heavy atom. The van der Waals surface area contributed by atoms with E-state index in [9.17, 15) is 9.59 Å². The highest BCUT2D eigenvalue weighted by molar-refractivity contribution is 5.69. The molecule has 19 heavy (non-hydrogen) atoms. The Morgan fingerprint density at radius 1 is 1.32 bits per heavy atom. The summed E-state index contributed by atoms with van der Waals surface area (Å²) in [6.45, 7) is 2.26. The Kier molecular flexibility index (Phi) is 6.43. The first kappa shape index (κ1) is 15.0. The molecule has 0 saturated carbocycles. The first-order chi connectivity index (χ1) is 9.13. The van der Waals surface area contributed by atoms with Gasteiger partial charge in [-0.25, -0.2) is 4.79 Å². The van der Waals surface area contributed by atoms with Gasteiger partial charge >= 0.3 is 12.1 Å². The van der Waals surface area contributed by atoms with Crippen molar-refractivity contribution in [1.82, 2.24) is 5.32 Å². The quantitative estimate of drug-likeness (QED) is 0.794. The lowest BCUT2D eigenvalue weighted by atomic mass is 10.0. The molecule has 0 aliphatic carbocycles. The zero-order chi connectivity index (χ0) is 14.1. The molecule has 1 aromatic rings. The van der Waals surface area contributed by atoms with Crippen molar-refractivity contribution in [2.45, 2.75) is 32.2 Å². The molecular formula is C14H19NO4. The predicted octanol–water partition coefficient (Wildman–Crippen LogP) is 2.73. The number of carboxylic acids is 1. The fraction of sp³-hybridized carbons (Fsp3) is 0.429. The van der Waals surface area contributed by atoms with E-state index >= 15 is 0 Å². The Bertz CT molecular complexity index is 405. The van der Waals surface area contributed by atoms with Crippen LogP contribution in [0.3, 0.4) is 0 Å². The van der Waals surface area contributed by atoms with Gasteiger partial charge in [0, 0.05) is 6.42 Å². The molecule has 1 amide bonds. The van der Waals surface area contributed by atoms with E-state index in [2.05, 4.69) is 5.32 Å². The lowest BCUT2D eigenvalue weighted by Gasteiger charge is -2.18. The van der Waals surface area contributed by atoms with Crippen LogP contribution < -0.4 is 5.32 Å². The smallest absolute Gasteiger partial charge is 0.407 e. The molecule has 0 heterocycles. The van der Waals surface area contributed by atoms with Crippen LogP contribution in [-0.2, 0) is 9.53 Å². The number of carboxylic acid groups (broad SMARTS) is 1. The number of carbonyl (C=O) groups is 2. The second-order valence-electron chi connectivity index (χ2n) is 4.18. The minimum absolute atomic E-state index is 0.00633. The molecule has 0 aliphatic rings. The van der Waals surface area contributed by atoms with Gasteiger partial charge in [-0.2, -0.15) is 0 Å². The van der Waals surface area contributed by atoms with E-state index in [1.807, 2.05) is 37.3 Å². The zero-order valence-electron chi connectivity index (χ0n) is 11.0. The molecule has 5 nitrogen and oxygen atoms in total. The summed E-state index contributed by atoms with van der Waals surface area (Å²) < 4.78 is 4.95. The number of amides is 1. The summed E-state index contributed by atoms with van der Waals surface area (Å²) in [6, 6.07) is 8.93. The largest absolute Gasteiger partial charge is 0.481 e. The van der Waals surface area contributed by atoms with Crippen LogP contribution >= 0.6 is 0 Å². The molecule has 0 aromatic heterocycles. The van der Waals surface area contributed by atoms with Gasteiger partial charge in [0.05, 0.1) is 12.6 Å². The molecule has 0 fully saturated rings. The summed E-state index contributed by atoms with van der Waals surface area (Å²) in [5.41, 5.74) is 0.872. The molecule has 104 valence electrons. The average molecular weight is 265 g/mol. The van der Waals surface area contributed by atoms with Gasteiger partial charge in [0.25, 0.3) is 0 Å². The van der Waals surface area contributed by atoms with E-state index in [0.717, 1.165) is 12.0 Å². The number of hydrogen-bond acceptors (Lipinski definition) is 3. The number of benzene rings is 1. The first-order valence-electron chi connectivity index (χ1n) is 6.33. The van der Waals surface area contributed by atoms with Crippen molar-refractivity contribution < 1.29 is 19.4 Å². The van der Waals surface area contributed by atoms with Crippen LogP contribution in [0.2, 0.25) is 0 Å². The normalized spacial score (nSPS) is 11.6. The Balaban J connectivity index is 2.64. The van der Waals surface area contributed by atoms with Crippen LogP contribution in [-0.4, -0.2) is 23.8 Å². The van der Waals surface area contributed by atoms with Crippen LogP contribution in [0.25, 0.3) is 0 Å². The molecule has 0 radical (unpaired) electrons. The monoisotopic (exact) mass is 265 g/mol. The van der Waals surface area contributed by atoms with Gasteiger partial charge in [-0.3, -0.25) is 4.79 Å². The Morgan fingerprint density at radius 3 is 2.58 bits per heavy atom. The molecule has 1 rings (SSSR count). The van der Waals surface area contributed by atoms with Crippen LogP contribution in [0, 0.1) is 0 Å². The van der Waals surface area contributed by atoms with Crippen molar-refractivity contribution in [3.8, 4) is 0 Å². The van der Waals surface area contributed by atoms with Gasteiger partial charge in [0.2, 0.25) is 0 Å². The van der Waals surface area contributed by atoms with Crippen LogP contribution in [0.4, 0.5) is 4.79 Å². The fourth-order valence-corrected chi connectivity index (χ4v) is 1.65. The second kappa shape index (κ2) is 8.13. The maximum absolute atomic E-state index is 11.5. The van der Waals surface area contributed by atoms with Crippen LogP contribution in [0.1, 0.15) is 37.8 Å². The van der Waals surface area contributed by atoms with Crippen molar-refractivity contribution in [3.63, 3.8) is 0 Å². The highest BCUT2D eigenvalue weighted by Crippen LogP contribution is 2.18. The number of rotatable bonds is 7. The second-order valence-corrected chi connectivity index (χ2v) is 4.18. The van der Waals surface area contributed by atoms with Gasteiger partial charge in [0.15, 0.2) is 0 Å². The minimum Gasteiger partial charge on any atom is -0.481 e. The third-order valence-electron chi connectivity index (χ3n) is 2.58. The molecule has 2 N–H and O–H groups in total. The lowest BCUT2D eigenvalue weighted by Crippen LogP contribution is -2.29. The number of carbonyl (C=O) groups excluding carboxylic acids is 1. The summed E-state index contributed by atoms with van der Waals surface area (Å²) >= 11 is 0. The van der Waals surface area contributed by atoms with E-state index < -0.39 is 12.1 Å². The Labute approximate surface area is 112 Å². The molecule has 1 atom stereocenters. The molecule has 1 aromatic carbocycles. The van der Waals surface area contributed by atoms with Gasteiger partial charge in [-0.1, -0.05) is 37.3 Å². The maximum atomic E-state index is 11.5. The molecule has 0 aliphatic heterocycles. The van der Waals surface area contributed by atoms with Crippen LogP contribution in [0.5, 0.6) is 0 Å². The number of nitrogens with one attached hydrogen (secondary N) is 1. The van der Waals surface area contributed by atoms with Gasteiger partial charge in [-0.15, -0.1) is 0 Å². The highest BCUT2D eigenvalue weighted by atomic mass is 16.5.